The summed E-state index contributed by atoms with van der Waals surface area (Å²) in [6.07, 6.45) is 4.95. The smallest absolute Gasteiger partial charge is 0.0780 e. The van der Waals surface area contributed by atoms with E-state index in [4.69, 9.17) is 4.74 Å². The van der Waals surface area contributed by atoms with Crippen molar-refractivity contribution in [3.63, 3.8) is 0 Å². The molecule has 106 valence electrons. The number of benzene rings is 1. The molecule has 3 rings (SSSR count). The van der Waals surface area contributed by atoms with Crippen LogP contribution in [-0.2, 0) is 4.74 Å². The Morgan fingerprint density at radius 2 is 2.10 bits per heavy atom. The molecule has 1 aromatic carbocycles. The van der Waals surface area contributed by atoms with Crippen LogP contribution in [0.5, 0.6) is 0 Å². The molecule has 0 bridgehead atoms. The number of likely N-dealkylation sites (N-methyl/N-ethyl adjacent to an activating group) is 1. The first-order valence-electron chi connectivity index (χ1n) is 7.16. The van der Waals surface area contributed by atoms with Crippen LogP contribution in [0.4, 0.5) is 0 Å². The molecule has 1 atom stereocenters. The first-order chi connectivity index (χ1) is 9.84. The van der Waals surface area contributed by atoms with Gasteiger partial charge in [-0.2, -0.15) is 5.10 Å². The topological polar surface area (TPSA) is 30.3 Å². The molecule has 0 saturated carbocycles. The minimum absolute atomic E-state index is 0.301. The van der Waals surface area contributed by atoms with Gasteiger partial charge in [-0.05, 0) is 25.1 Å². The third-order valence-corrected chi connectivity index (χ3v) is 4.03. The first-order valence-corrected chi connectivity index (χ1v) is 7.16. The Morgan fingerprint density at radius 3 is 2.70 bits per heavy atom. The Labute approximate surface area is 120 Å². The van der Waals surface area contributed by atoms with Crippen LogP contribution in [0.1, 0.15) is 18.0 Å². The highest BCUT2D eigenvalue weighted by Crippen LogP contribution is 2.22. The van der Waals surface area contributed by atoms with Crippen LogP contribution in [0.2, 0.25) is 0 Å². The van der Waals surface area contributed by atoms with E-state index >= 15 is 0 Å². The molecule has 20 heavy (non-hydrogen) atoms. The third-order valence-electron chi connectivity index (χ3n) is 4.03. The summed E-state index contributed by atoms with van der Waals surface area (Å²) in [7, 11) is 2.18. The zero-order valence-corrected chi connectivity index (χ0v) is 11.9. The number of aromatic nitrogens is 2. The summed E-state index contributed by atoms with van der Waals surface area (Å²) in [6.45, 7) is 2.79. The Hall–Kier alpha value is -1.65. The van der Waals surface area contributed by atoms with E-state index in [1.807, 2.05) is 18.5 Å². The standard InChI is InChI=1S/C16H21N3O/c1-18(15-12-20-13-15)11-8-16(19-10-5-9-17-19)14-6-3-2-4-7-14/h2-7,9-10,15-16H,8,11-13H2,1H3. The summed E-state index contributed by atoms with van der Waals surface area (Å²) in [4.78, 5) is 2.39. The van der Waals surface area contributed by atoms with E-state index < -0.39 is 0 Å². The summed E-state index contributed by atoms with van der Waals surface area (Å²) in [6, 6.07) is 13.5. The fraction of sp³-hybridized carbons (Fsp3) is 0.438. The normalized spacial score (nSPS) is 17.1. The molecule has 0 spiro atoms. The van der Waals surface area contributed by atoms with Crippen LogP contribution in [0, 0.1) is 0 Å². The van der Waals surface area contributed by atoms with E-state index in [9.17, 15) is 0 Å². The molecule has 0 N–H and O–H groups in total. The van der Waals surface area contributed by atoms with Crippen molar-refractivity contribution in [2.24, 2.45) is 0 Å². The summed E-state index contributed by atoms with van der Waals surface area (Å²) in [5.74, 6) is 0. The van der Waals surface area contributed by atoms with Gasteiger partial charge in [0, 0.05) is 18.9 Å². The van der Waals surface area contributed by atoms with E-state index in [1.165, 1.54) is 5.56 Å². The number of hydrogen-bond donors (Lipinski definition) is 0. The minimum atomic E-state index is 0.301. The summed E-state index contributed by atoms with van der Waals surface area (Å²) in [5.41, 5.74) is 1.31. The van der Waals surface area contributed by atoms with Gasteiger partial charge in [0.05, 0.1) is 25.3 Å². The van der Waals surface area contributed by atoms with Crippen LogP contribution in [-0.4, -0.2) is 47.5 Å². The molecule has 2 heterocycles. The van der Waals surface area contributed by atoms with Gasteiger partial charge in [-0.25, -0.2) is 0 Å². The quantitative estimate of drug-likeness (QED) is 0.807. The zero-order chi connectivity index (χ0) is 13.8. The zero-order valence-electron chi connectivity index (χ0n) is 11.9. The second-order valence-electron chi connectivity index (χ2n) is 5.37. The summed E-state index contributed by atoms with van der Waals surface area (Å²) >= 11 is 0. The van der Waals surface area contributed by atoms with Crippen LogP contribution >= 0.6 is 0 Å². The number of hydrogen-bond acceptors (Lipinski definition) is 3. The van der Waals surface area contributed by atoms with Gasteiger partial charge in [0.1, 0.15) is 0 Å². The molecular formula is C16H21N3O. The highest BCUT2D eigenvalue weighted by Gasteiger charge is 2.24. The van der Waals surface area contributed by atoms with E-state index in [0.717, 1.165) is 26.2 Å². The molecule has 2 aromatic rings. The minimum Gasteiger partial charge on any atom is -0.378 e. The Balaban J connectivity index is 1.69. The van der Waals surface area contributed by atoms with E-state index in [2.05, 4.69) is 52.1 Å². The molecular weight excluding hydrogens is 250 g/mol. The third kappa shape index (κ3) is 2.92. The average molecular weight is 271 g/mol. The molecule has 1 unspecified atom stereocenters. The lowest BCUT2D eigenvalue weighted by molar-refractivity contribution is -0.0567. The second-order valence-corrected chi connectivity index (χ2v) is 5.37. The Kier molecular flexibility index (Phi) is 4.14. The molecule has 1 aliphatic rings. The monoisotopic (exact) mass is 271 g/mol. The molecule has 1 aliphatic heterocycles. The fourth-order valence-electron chi connectivity index (χ4n) is 2.58. The predicted molar refractivity (Wildman–Crippen MR) is 78.7 cm³/mol. The molecule has 1 fully saturated rings. The van der Waals surface area contributed by atoms with Gasteiger partial charge in [0.25, 0.3) is 0 Å². The van der Waals surface area contributed by atoms with Gasteiger partial charge < -0.3 is 4.74 Å². The van der Waals surface area contributed by atoms with Crippen molar-refractivity contribution >= 4 is 0 Å². The van der Waals surface area contributed by atoms with Crippen molar-refractivity contribution in [1.82, 2.24) is 14.7 Å². The van der Waals surface area contributed by atoms with Crippen molar-refractivity contribution in [3.8, 4) is 0 Å². The van der Waals surface area contributed by atoms with Gasteiger partial charge in [0.15, 0.2) is 0 Å². The molecule has 0 radical (unpaired) electrons. The molecule has 4 heteroatoms. The van der Waals surface area contributed by atoms with Crippen molar-refractivity contribution in [2.75, 3.05) is 26.8 Å². The summed E-state index contributed by atoms with van der Waals surface area (Å²) < 4.78 is 7.32. The first kappa shape index (κ1) is 13.3. The van der Waals surface area contributed by atoms with Crippen molar-refractivity contribution < 1.29 is 4.74 Å². The van der Waals surface area contributed by atoms with Crippen LogP contribution < -0.4 is 0 Å². The number of rotatable bonds is 6. The lowest BCUT2D eigenvalue weighted by atomic mass is 10.0. The van der Waals surface area contributed by atoms with Crippen LogP contribution in [0.3, 0.4) is 0 Å². The Morgan fingerprint density at radius 1 is 1.30 bits per heavy atom. The highest BCUT2D eigenvalue weighted by molar-refractivity contribution is 5.19. The van der Waals surface area contributed by atoms with Crippen molar-refractivity contribution in [3.05, 3.63) is 54.4 Å². The van der Waals surface area contributed by atoms with Gasteiger partial charge in [-0.1, -0.05) is 30.3 Å². The molecule has 4 nitrogen and oxygen atoms in total. The van der Waals surface area contributed by atoms with E-state index in [-0.39, 0.29) is 0 Å². The fourth-order valence-corrected chi connectivity index (χ4v) is 2.58. The van der Waals surface area contributed by atoms with Gasteiger partial charge in [-0.3, -0.25) is 9.58 Å². The van der Waals surface area contributed by atoms with E-state index in [1.54, 1.807) is 0 Å². The van der Waals surface area contributed by atoms with Crippen molar-refractivity contribution in [2.45, 2.75) is 18.5 Å². The lowest BCUT2D eigenvalue weighted by Gasteiger charge is -2.35. The maximum Gasteiger partial charge on any atom is 0.0780 e. The molecule has 1 saturated heterocycles. The van der Waals surface area contributed by atoms with Crippen LogP contribution in [0.15, 0.2) is 48.8 Å². The number of ether oxygens (including phenoxy) is 1. The maximum atomic E-state index is 5.26. The largest absolute Gasteiger partial charge is 0.378 e. The van der Waals surface area contributed by atoms with Gasteiger partial charge in [-0.15, -0.1) is 0 Å². The highest BCUT2D eigenvalue weighted by atomic mass is 16.5. The Bertz CT molecular complexity index is 508. The predicted octanol–water partition coefficient (Wildman–Crippen LogP) is 2.19. The van der Waals surface area contributed by atoms with Crippen molar-refractivity contribution in [1.29, 1.82) is 0 Å². The maximum absolute atomic E-state index is 5.26. The van der Waals surface area contributed by atoms with E-state index in [0.29, 0.717) is 12.1 Å². The SMILES string of the molecule is CN(CCC(c1ccccc1)n1cccn1)C1COC1. The molecule has 0 amide bonds. The molecule has 0 aliphatic carbocycles. The average Bonchev–Trinajstić information content (AvgIpc) is 2.92. The lowest BCUT2D eigenvalue weighted by Crippen LogP contribution is -2.47. The molecule has 1 aromatic heterocycles. The second kappa shape index (κ2) is 6.20. The summed E-state index contributed by atoms with van der Waals surface area (Å²) in [5, 5.41) is 4.42. The van der Waals surface area contributed by atoms with Gasteiger partial charge >= 0.3 is 0 Å². The van der Waals surface area contributed by atoms with Gasteiger partial charge in [0.2, 0.25) is 0 Å². The number of nitrogens with zero attached hydrogens (tertiary/aromatic N) is 3. The van der Waals surface area contributed by atoms with Crippen LogP contribution in [0.25, 0.3) is 0 Å².